The molecule has 0 spiro atoms. The van der Waals surface area contributed by atoms with Gasteiger partial charge in [-0.15, -0.1) is 0 Å². The van der Waals surface area contributed by atoms with Crippen LogP contribution in [0.2, 0.25) is 0 Å². The molecule has 88 valence electrons. The standard InChI is InChI=1S/C10H15N3O2S/c1-13(10-6-2-8(11)3-7-10)16(14,15)12-9-4-5-9/h2-3,6-7,9,12H,4-5,11H2,1H3. The van der Waals surface area contributed by atoms with E-state index in [-0.39, 0.29) is 6.04 Å². The van der Waals surface area contributed by atoms with Crippen LogP contribution in [0.15, 0.2) is 24.3 Å². The maximum absolute atomic E-state index is 11.8. The average Bonchev–Trinajstić information content (AvgIpc) is 3.01. The van der Waals surface area contributed by atoms with Crippen molar-refractivity contribution < 1.29 is 8.42 Å². The van der Waals surface area contributed by atoms with Crippen molar-refractivity contribution in [1.29, 1.82) is 0 Å². The minimum atomic E-state index is -3.42. The van der Waals surface area contributed by atoms with E-state index in [0.717, 1.165) is 12.8 Å². The maximum atomic E-state index is 11.8. The zero-order chi connectivity index (χ0) is 11.8. The number of rotatable bonds is 4. The summed E-state index contributed by atoms with van der Waals surface area (Å²) in [4.78, 5) is 0. The van der Waals surface area contributed by atoms with E-state index in [4.69, 9.17) is 5.73 Å². The summed E-state index contributed by atoms with van der Waals surface area (Å²) in [6.45, 7) is 0. The second-order valence-corrected chi connectivity index (χ2v) is 5.69. The summed E-state index contributed by atoms with van der Waals surface area (Å²) >= 11 is 0. The third kappa shape index (κ3) is 2.45. The molecule has 1 aliphatic carbocycles. The zero-order valence-electron chi connectivity index (χ0n) is 9.05. The van der Waals surface area contributed by atoms with Crippen LogP contribution < -0.4 is 14.8 Å². The van der Waals surface area contributed by atoms with E-state index in [0.29, 0.717) is 11.4 Å². The van der Waals surface area contributed by atoms with Crippen molar-refractivity contribution in [3.63, 3.8) is 0 Å². The van der Waals surface area contributed by atoms with E-state index in [1.165, 1.54) is 11.4 Å². The van der Waals surface area contributed by atoms with Crippen LogP contribution in [0.25, 0.3) is 0 Å². The highest BCUT2D eigenvalue weighted by molar-refractivity contribution is 7.90. The van der Waals surface area contributed by atoms with Gasteiger partial charge in [0.2, 0.25) is 0 Å². The minimum Gasteiger partial charge on any atom is -0.399 e. The van der Waals surface area contributed by atoms with Crippen LogP contribution >= 0.6 is 0 Å². The number of nitrogens with zero attached hydrogens (tertiary/aromatic N) is 1. The summed E-state index contributed by atoms with van der Waals surface area (Å²) in [6.07, 6.45) is 1.85. The van der Waals surface area contributed by atoms with Gasteiger partial charge in [0.25, 0.3) is 0 Å². The molecule has 0 aliphatic heterocycles. The Kier molecular flexibility index (Phi) is 2.77. The lowest BCUT2D eigenvalue weighted by Crippen LogP contribution is -2.39. The number of nitrogens with one attached hydrogen (secondary N) is 1. The van der Waals surface area contributed by atoms with Gasteiger partial charge in [-0.3, -0.25) is 4.31 Å². The lowest BCUT2D eigenvalue weighted by atomic mass is 10.3. The molecule has 0 heterocycles. The highest BCUT2D eigenvalue weighted by Crippen LogP contribution is 2.22. The van der Waals surface area contributed by atoms with Crippen molar-refractivity contribution in [3.8, 4) is 0 Å². The van der Waals surface area contributed by atoms with E-state index in [2.05, 4.69) is 4.72 Å². The molecule has 5 nitrogen and oxygen atoms in total. The molecular weight excluding hydrogens is 226 g/mol. The Morgan fingerprint density at radius 1 is 1.31 bits per heavy atom. The zero-order valence-corrected chi connectivity index (χ0v) is 9.87. The Morgan fingerprint density at radius 3 is 2.38 bits per heavy atom. The van der Waals surface area contributed by atoms with Crippen LogP contribution in [0, 0.1) is 0 Å². The molecule has 3 N–H and O–H groups in total. The molecule has 1 aromatic rings. The first kappa shape index (κ1) is 11.2. The molecule has 16 heavy (non-hydrogen) atoms. The molecule has 0 bridgehead atoms. The van der Waals surface area contributed by atoms with E-state index >= 15 is 0 Å². The average molecular weight is 241 g/mol. The van der Waals surface area contributed by atoms with Crippen molar-refractivity contribution in [1.82, 2.24) is 4.72 Å². The topological polar surface area (TPSA) is 75.4 Å². The van der Waals surface area contributed by atoms with Crippen molar-refractivity contribution in [2.75, 3.05) is 17.1 Å². The molecule has 0 amide bonds. The molecule has 6 heteroatoms. The molecular formula is C10H15N3O2S. The Labute approximate surface area is 95.4 Å². The molecule has 2 rings (SSSR count). The van der Waals surface area contributed by atoms with Gasteiger partial charge >= 0.3 is 10.2 Å². The van der Waals surface area contributed by atoms with Gasteiger partial charge in [0, 0.05) is 18.8 Å². The SMILES string of the molecule is CN(c1ccc(N)cc1)S(=O)(=O)NC1CC1. The number of hydrogen-bond acceptors (Lipinski definition) is 3. The summed E-state index contributed by atoms with van der Waals surface area (Å²) in [5.41, 5.74) is 6.76. The molecule has 0 radical (unpaired) electrons. The fourth-order valence-corrected chi connectivity index (χ4v) is 2.53. The van der Waals surface area contributed by atoms with Crippen LogP contribution in [0.3, 0.4) is 0 Å². The van der Waals surface area contributed by atoms with Crippen molar-refractivity contribution in [3.05, 3.63) is 24.3 Å². The lowest BCUT2D eigenvalue weighted by molar-refractivity contribution is 0.579. The van der Waals surface area contributed by atoms with Gasteiger partial charge in [-0.2, -0.15) is 13.1 Å². The largest absolute Gasteiger partial charge is 0.399 e. The van der Waals surface area contributed by atoms with E-state index in [1.54, 1.807) is 24.3 Å². The second-order valence-electron chi connectivity index (χ2n) is 3.96. The molecule has 0 aromatic heterocycles. The third-order valence-corrected chi connectivity index (χ3v) is 4.07. The quantitative estimate of drug-likeness (QED) is 0.762. The third-order valence-electron chi connectivity index (χ3n) is 2.51. The lowest BCUT2D eigenvalue weighted by Gasteiger charge is -2.19. The van der Waals surface area contributed by atoms with E-state index in [1.807, 2.05) is 0 Å². The van der Waals surface area contributed by atoms with E-state index in [9.17, 15) is 8.42 Å². The molecule has 0 atom stereocenters. The van der Waals surface area contributed by atoms with Crippen molar-refractivity contribution in [2.24, 2.45) is 0 Å². The molecule has 1 saturated carbocycles. The van der Waals surface area contributed by atoms with Crippen LogP contribution in [0.4, 0.5) is 11.4 Å². The molecule has 1 aromatic carbocycles. The Balaban J connectivity index is 2.16. The fourth-order valence-electron chi connectivity index (χ4n) is 1.31. The predicted octanol–water partition coefficient (Wildman–Crippen LogP) is 0.702. The highest BCUT2D eigenvalue weighted by Gasteiger charge is 2.29. The van der Waals surface area contributed by atoms with Crippen LogP contribution in [-0.2, 0) is 10.2 Å². The molecule has 1 aliphatic rings. The van der Waals surface area contributed by atoms with Gasteiger partial charge in [-0.25, -0.2) is 0 Å². The minimum absolute atomic E-state index is 0.112. The summed E-state index contributed by atoms with van der Waals surface area (Å²) in [5, 5.41) is 0. The normalized spacial score (nSPS) is 16.1. The summed E-state index contributed by atoms with van der Waals surface area (Å²) in [5.74, 6) is 0. The van der Waals surface area contributed by atoms with Crippen molar-refractivity contribution >= 4 is 21.6 Å². The van der Waals surface area contributed by atoms with Crippen LogP contribution in [0.1, 0.15) is 12.8 Å². The Bertz CT molecular complexity index is 465. The first-order valence-electron chi connectivity index (χ1n) is 5.11. The second kappa shape index (κ2) is 3.95. The summed E-state index contributed by atoms with van der Waals surface area (Å²) < 4.78 is 27.5. The molecule has 0 unspecified atom stereocenters. The van der Waals surface area contributed by atoms with Crippen molar-refractivity contribution in [2.45, 2.75) is 18.9 Å². The fraction of sp³-hybridized carbons (Fsp3) is 0.400. The van der Waals surface area contributed by atoms with Gasteiger partial charge in [0.05, 0.1) is 5.69 Å². The summed E-state index contributed by atoms with van der Waals surface area (Å²) in [7, 11) is -1.90. The predicted molar refractivity (Wildman–Crippen MR) is 64.3 cm³/mol. The number of anilines is 2. The van der Waals surface area contributed by atoms with Gasteiger partial charge < -0.3 is 5.73 Å². The Morgan fingerprint density at radius 2 is 1.88 bits per heavy atom. The summed E-state index contributed by atoms with van der Waals surface area (Å²) in [6, 6.07) is 6.83. The first-order valence-corrected chi connectivity index (χ1v) is 6.55. The van der Waals surface area contributed by atoms with Gasteiger partial charge in [-0.05, 0) is 37.1 Å². The number of nitrogen functional groups attached to an aromatic ring is 1. The van der Waals surface area contributed by atoms with Gasteiger partial charge in [-0.1, -0.05) is 0 Å². The smallest absolute Gasteiger partial charge is 0.301 e. The molecule has 0 saturated heterocycles. The van der Waals surface area contributed by atoms with Crippen LogP contribution in [0.5, 0.6) is 0 Å². The maximum Gasteiger partial charge on any atom is 0.301 e. The number of hydrogen-bond donors (Lipinski definition) is 2. The van der Waals surface area contributed by atoms with Gasteiger partial charge in [0.1, 0.15) is 0 Å². The monoisotopic (exact) mass is 241 g/mol. The highest BCUT2D eigenvalue weighted by atomic mass is 32.2. The van der Waals surface area contributed by atoms with E-state index < -0.39 is 10.2 Å². The van der Waals surface area contributed by atoms with Gasteiger partial charge in [0.15, 0.2) is 0 Å². The Hall–Kier alpha value is -1.27. The van der Waals surface area contributed by atoms with Crippen LogP contribution in [-0.4, -0.2) is 21.5 Å². The number of nitrogens with two attached hydrogens (primary N) is 1. The molecule has 1 fully saturated rings. The number of benzene rings is 1. The first-order chi connectivity index (χ1) is 7.49.